The molecule has 4 aromatic rings. The number of benzene rings is 2. The Labute approximate surface area is 219 Å². The predicted octanol–water partition coefficient (Wildman–Crippen LogP) is 5.67. The summed E-state index contributed by atoms with van der Waals surface area (Å²) in [5.41, 5.74) is 3.29. The molecule has 0 unspecified atom stereocenters. The summed E-state index contributed by atoms with van der Waals surface area (Å²) in [5, 5.41) is 7.66. The molecule has 3 heterocycles. The third-order valence-electron chi connectivity index (χ3n) is 6.74. The van der Waals surface area contributed by atoms with Crippen LogP contribution in [0.5, 0.6) is 0 Å². The zero-order valence-electron chi connectivity index (χ0n) is 20.8. The molecular weight excluding hydrogens is 492 g/mol. The summed E-state index contributed by atoms with van der Waals surface area (Å²) >= 11 is 6.20. The van der Waals surface area contributed by atoms with Crippen molar-refractivity contribution in [2.75, 3.05) is 23.8 Å². The van der Waals surface area contributed by atoms with Gasteiger partial charge in [0.25, 0.3) is 5.56 Å². The smallest absolute Gasteiger partial charge is 0.279 e. The summed E-state index contributed by atoms with van der Waals surface area (Å²) in [5.74, 6) is 0.924. The van der Waals surface area contributed by atoms with Crippen LogP contribution in [0.3, 0.4) is 0 Å². The lowest BCUT2D eigenvalue weighted by Crippen LogP contribution is -2.33. The first-order valence-electron chi connectivity index (χ1n) is 12.4. The third-order valence-corrected chi connectivity index (χ3v) is 6.97. The number of amides is 1. The average molecular weight is 521 g/mol. The van der Waals surface area contributed by atoms with E-state index in [4.69, 9.17) is 20.8 Å². The number of carbonyl (C=O) groups is 1. The number of aryl methyl sites for hydroxylation is 2. The highest BCUT2D eigenvalue weighted by Gasteiger charge is 2.23. The number of anilines is 3. The summed E-state index contributed by atoms with van der Waals surface area (Å²) < 4.78 is 12.8. The lowest BCUT2D eigenvalue weighted by Gasteiger charge is -2.21. The highest BCUT2D eigenvalue weighted by molar-refractivity contribution is 6.30. The highest BCUT2D eigenvalue weighted by atomic mass is 35.5. The molecule has 192 valence electrons. The molecule has 1 aliphatic rings. The van der Waals surface area contributed by atoms with Crippen LogP contribution in [0.4, 0.5) is 17.3 Å². The topological polar surface area (TPSA) is 98.4 Å². The monoisotopic (exact) mass is 520 g/mol. The summed E-state index contributed by atoms with van der Waals surface area (Å²) in [4.78, 5) is 30.9. The summed E-state index contributed by atoms with van der Waals surface area (Å²) in [6, 6.07) is 13.1. The maximum Gasteiger partial charge on any atom is 0.279 e. The predicted molar refractivity (Wildman–Crippen MR) is 145 cm³/mol. The van der Waals surface area contributed by atoms with Gasteiger partial charge in [0.05, 0.1) is 12.7 Å². The Kier molecular flexibility index (Phi) is 7.30. The van der Waals surface area contributed by atoms with Crippen molar-refractivity contribution in [3.63, 3.8) is 0 Å². The molecule has 2 aromatic heterocycles. The molecule has 9 heteroatoms. The van der Waals surface area contributed by atoms with E-state index in [1.807, 2.05) is 37.3 Å². The number of aromatic nitrogens is 2. The van der Waals surface area contributed by atoms with Crippen molar-refractivity contribution in [3.05, 3.63) is 80.9 Å². The highest BCUT2D eigenvalue weighted by Crippen LogP contribution is 2.29. The standard InChI is InChI=1S/C28H29ClN4O4/c1-3-24-17(2)22-14-21(7-8-25(22)37-24)31-28-30-15-23(32-26(34)19-9-11-36-12-10-19)27(35)33(28)16-18-5-4-6-20(29)13-18/h4-8,13-15,19H,3,9-12,16H2,1-2H3,(H,30,31)(H,32,34). The van der Waals surface area contributed by atoms with Crippen LogP contribution < -0.4 is 16.2 Å². The maximum atomic E-state index is 13.6. The molecule has 5 rings (SSSR count). The summed E-state index contributed by atoms with van der Waals surface area (Å²) in [6.07, 6.45) is 3.48. The van der Waals surface area contributed by atoms with Gasteiger partial charge in [-0.05, 0) is 61.2 Å². The molecule has 1 saturated heterocycles. The fourth-order valence-corrected chi connectivity index (χ4v) is 4.87. The molecule has 0 radical (unpaired) electrons. The SMILES string of the molecule is CCc1oc2ccc(Nc3ncc(NC(=O)C4CCOCC4)c(=O)n3Cc3cccc(Cl)c3)cc2c1C. The van der Waals surface area contributed by atoms with Gasteiger partial charge in [0, 0.05) is 41.6 Å². The van der Waals surface area contributed by atoms with Gasteiger partial charge >= 0.3 is 0 Å². The first-order chi connectivity index (χ1) is 17.9. The van der Waals surface area contributed by atoms with E-state index in [0.29, 0.717) is 37.0 Å². The Morgan fingerprint density at radius 2 is 2.00 bits per heavy atom. The first-order valence-corrected chi connectivity index (χ1v) is 12.8. The lowest BCUT2D eigenvalue weighted by molar-refractivity contribution is -0.122. The number of rotatable bonds is 7. The minimum atomic E-state index is -0.355. The van der Waals surface area contributed by atoms with Crippen molar-refractivity contribution in [1.82, 2.24) is 9.55 Å². The first kappa shape index (κ1) is 25.0. The van der Waals surface area contributed by atoms with E-state index in [1.165, 1.54) is 10.8 Å². The van der Waals surface area contributed by atoms with Crippen LogP contribution in [0.25, 0.3) is 11.0 Å². The van der Waals surface area contributed by atoms with Crippen molar-refractivity contribution >= 4 is 45.8 Å². The van der Waals surface area contributed by atoms with Crippen LogP contribution in [-0.4, -0.2) is 28.7 Å². The maximum absolute atomic E-state index is 13.6. The van der Waals surface area contributed by atoms with Crippen LogP contribution in [0.15, 0.2) is 57.9 Å². The van der Waals surface area contributed by atoms with E-state index in [2.05, 4.69) is 22.5 Å². The lowest BCUT2D eigenvalue weighted by atomic mass is 9.99. The summed E-state index contributed by atoms with van der Waals surface area (Å²) in [7, 11) is 0. The Morgan fingerprint density at radius 3 is 2.76 bits per heavy atom. The third kappa shape index (κ3) is 5.40. The van der Waals surface area contributed by atoms with Crippen LogP contribution in [0, 0.1) is 12.8 Å². The average Bonchev–Trinajstić information content (AvgIpc) is 3.23. The number of carbonyl (C=O) groups excluding carboxylic acids is 1. The van der Waals surface area contributed by atoms with Crippen LogP contribution >= 0.6 is 11.6 Å². The van der Waals surface area contributed by atoms with Crippen molar-refractivity contribution in [1.29, 1.82) is 0 Å². The normalized spacial score (nSPS) is 14.1. The van der Waals surface area contributed by atoms with Gasteiger partial charge in [0.15, 0.2) is 0 Å². The van der Waals surface area contributed by atoms with Gasteiger partial charge in [0.2, 0.25) is 11.9 Å². The van der Waals surface area contributed by atoms with Gasteiger partial charge < -0.3 is 19.8 Å². The molecule has 2 aromatic carbocycles. The Hall–Kier alpha value is -3.62. The number of fused-ring (bicyclic) bond motifs is 1. The van der Waals surface area contributed by atoms with Gasteiger partial charge in [-0.1, -0.05) is 30.7 Å². The number of nitrogens with one attached hydrogen (secondary N) is 2. The number of furan rings is 1. The van der Waals surface area contributed by atoms with E-state index < -0.39 is 0 Å². The number of halogens is 1. The zero-order valence-corrected chi connectivity index (χ0v) is 21.6. The molecule has 1 amide bonds. The number of ether oxygens (including phenoxy) is 1. The van der Waals surface area contributed by atoms with Gasteiger partial charge in [-0.25, -0.2) is 4.98 Å². The van der Waals surface area contributed by atoms with E-state index >= 15 is 0 Å². The van der Waals surface area contributed by atoms with Crippen molar-refractivity contribution in [3.8, 4) is 0 Å². The molecule has 0 spiro atoms. The fraction of sp³-hybridized carbons (Fsp3) is 0.321. The molecule has 0 saturated carbocycles. The minimum Gasteiger partial charge on any atom is -0.461 e. The molecule has 1 aliphatic heterocycles. The Balaban J connectivity index is 1.49. The van der Waals surface area contributed by atoms with Crippen molar-refractivity contribution in [2.24, 2.45) is 5.92 Å². The van der Waals surface area contributed by atoms with Gasteiger partial charge in [-0.15, -0.1) is 0 Å². The van der Waals surface area contributed by atoms with E-state index in [0.717, 1.165) is 40.0 Å². The van der Waals surface area contributed by atoms with Gasteiger partial charge in [-0.3, -0.25) is 14.2 Å². The van der Waals surface area contributed by atoms with Crippen LogP contribution in [-0.2, 0) is 22.5 Å². The Bertz CT molecular complexity index is 1500. The van der Waals surface area contributed by atoms with E-state index in [9.17, 15) is 9.59 Å². The number of nitrogens with zero attached hydrogens (tertiary/aromatic N) is 2. The van der Waals surface area contributed by atoms with Crippen molar-refractivity contribution < 1.29 is 13.9 Å². The second-order valence-electron chi connectivity index (χ2n) is 9.23. The van der Waals surface area contributed by atoms with Crippen LogP contribution in [0.2, 0.25) is 5.02 Å². The second kappa shape index (κ2) is 10.8. The molecule has 0 aliphatic carbocycles. The molecule has 0 atom stereocenters. The van der Waals surface area contributed by atoms with Gasteiger partial charge in [-0.2, -0.15) is 0 Å². The van der Waals surface area contributed by atoms with E-state index in [1.54, 1.807) is 12.1 Å². The largest absolute Gasteiger partial charge is 0.461 e. The van der Waals surface area contributed by atoms with Gasteiger partial charge in [0.1, 0.15) is 17.0 Å². The fourth-order valence-electron chi connectivity index (χ4n) is 4.65. The number of hydrogen-bond acceptors (Lipinski definition) is 6. The van der Waals surface area contributed by atoms with Crippen molar-refractivity contribution in [2.45, 2.75) is 39.7 Å². The Morgan fingerprint density at radius 1 is 1.19 bits per heavy atom. The molecule has 2 N–H and O–H groups in total. The molecule has 0 bridgehead atoms. The minimum absolute atomic E-state index is 0.137. The number of hydrogen-bond donors (Lipinski definition) is 2. The van der Waals surface area contributed by atoms with E-state index in [-0.39, 0.29) is 29.6 Å². The quantitative estimate of drug-likeness (QED) is 0.326. The molecule has 8 nitrogen and oxygen atoms in total. The molecule has 37 heavy (non-hydrogen) atoms. The van der Waals surface area contributed by atoms with Crippen LogP contribution in [0.1, 0.15) is 36.7 Å². The second-order valence-corrected chi connectivity index (χ2v) is 9.67. The molecule has 1 fully saturated rings. The molecular formula is C28H29ClN4O4. The summed E-state index contributed by atoms with van der Waals surface area (Å²) in [6.45, 7) is 5.40. The zero-order chi connectivity index (χ0) is 25.9.